The number of rotatable bonds is 4. The van der Waals surface area contributed by atoms with E-state index in [4.69, 9.17) is 10.5 Å². The van der Waals surface area contributed by atoms with Crippen molar-refractivity contribution >= 4 is 17.6 Å². The van der Waals surface area contributed by atoms with Crippen LogP contribution in [-0.2, 0) is 0 Å². The summed E-state index contributed by atoms with van der Waals surface area (Å²) in [6, 6.07) is 12.7. The third-order valence-corrected chi connectivity index (χ3v) is 5.76. The van der Waals surface area contributed by atoms with Crippen LogP contribution in [-0.4, -0.2) is 43.2 Å². The fourth-order valence-corrected chi connectivity index (χ4v) is 4.27. The molecular formula is C22H25F3N4O. The van der Waals surface area contributed by atoms with Crippen LogP contribution in [0.3, 0.4) is 0 Å². The molecule has 1 fully saturated rings. The van der Waals surface area contributed by atoms with Crippen LogP contribution in [0.2, 0.25) is 0 Å². The molecule has 2 aromatic rings. The number of nitrogens with one attached hydrogen (secondary N) is 1. The van der Waals surface area contributed by atoms with Crippen LogP contribution < -0.4 is 15.8 Å². The van der Waals surface area contributed by atoms with E-state index in [0.29, 0.717) is 18.2 Å². The van der Waals surface area contributed by atoms with Crippen molar-refractivity contribution < 1.29 is 17.9 Å². The summed E-state index contributed by atoms with van der Waals surface area (Å²) in [7, 11) is 0. The summed E-state index contributed by atoms with van der Waals surface area (Å²) in [4.78, 5) is 5.11. The van der Waals surface area contributed by atoms with Gasteiger partial charge in [0.15, 0.2) is 0 Å². The third kappa shape index (κ3) is 4.38. The molecule has 0 saturated carbocycles. The Balaban J connectivity index is 1.70. The minimum Gasteiger partial charge on any atom is -0.491 e. The van der Waals surface area contributed by atoms with E-state index < -0.39 is 6.30 Å². The molecule has 3 atom stereocenters. The van der Waals surface area contributed by atoms with Gasteiger partial charge >= 0.3 is 6.30 Å². The summed E-state index contributed by atoms with van der Waals surface area (Å²) in [6.07, 6.45) is -2.75. The molecule has 8 heteroatoms. The van der Waals surface area contributed by atoms with Gasteiger partial charge in [0.25, 0.3) is 0 Å². The van der Waals surface area contributed by atoms with Gasteiger partial charge in [0.05, 0.1) is 12.1 Å². The van der Waals surface area contributed by atoms with Crippen molar-refractivity contribution in [1.82, 2.24) is 4.90 Å². The van der Waals surface area contributed by atoms with Gasteiger partial charge in [0.1, 0.15) is 12.4 Å². The van der Waals surface area contributed by atoms with Gasteiger partial charge in [-0.3, -0.25) is 4.90 Å². The first-order chi connectivity index (χ1) is 14.3. The highest BCUT2D eigenvalue weighted by atomic mass is 19.4. The lowest BCUT2D eigenvalue weighted by Crippen LogP contribution is -2.47. The second kappa shape index (κ2) is 8.18. The van der Waals surface area contributed by atoms with Crippen LogP contribution in [0.4, 0.5) is 24.5 Å². The van der Waals surface area contributed by atoms with Crippen LogP contribution >= 0.6 is 0 Å². The highest BCUT2D eigenvalue weighted by Gasteiger charge is 2.37. The monoisotopic (exact) mass is 418 g/mol. The van der Waals surface area contributed by atoms with E-state index in [1.165, 1.54) is 0 Å². The van der Waals surface area contributed by atoms with Crippen molar-refractivity contribution in [1.29, 1.82) is 0 Å². The first kappa shape index (κ1) is 20.5. The molecule has 160 valence electrons. The second-order valence-corrected chi connectivity index (χ2v) is 7.96. The Morgan fingerprint density at radius 2 is 2.00 bits per heavy atom. The number of alkyl halides is 3. The predicted octanol–water partition coefficient (Wildman–Crippen LogP) is 4.46. The first-order valence-electron chi connectivity index (χ1n) is 10.0. The molecule has 5 nitrogen and oxygen atoms in total. The van der Waals surface area contributed by atoms with E-state index in [1.807, 2.05) is 24.3 Å². The molecule has 3 N–H and O–H groups in total. The quantitative estimate of drug-likeness (QED) is 0.437. The molecular weight excluding hydrogens is 393 g/mol. The van der Waals surface area contributed by atoms with Gasteiger partial charge in [0, 0.05) is 35.3 Å². The third-order valence-electron chi connectivity index (χ3n) is 5.76. The molecule has 0 spiro atoms. The molecule has 0 amide bonds. The molecule has 0 aliphatic carbocycles. The molecule has 1 saturated heterocycles. The predicted molar refractivity (Wildman–Crippen MR) is 112 cm³/mol. The number of anilines is 2. The largest absolute Gasteiger partial charge is 0.503 e. The average Bonchev–Trinajstić information content (AvgIpc) is 3.13. The Morgan fingerprint density at radius 1 is 1.20 bits per heavy atom. The Kier molecular flexibility index (Phi) is 5.60. The molecule has 3 unspecified atom stereocenters. The summed E-state index contributed by atoms with van der Waals surface area (Å²) < 4.78 is 44.1. The zero-order valence-electron chi connectivity index (χ0n) is 16.7. The standard InChI is InChI=1S/C22H25F3N4O/c1-14-9-10-29(12-14)19-13-30-20-8-3-2-5-15(20)21(19)28-18-7-4-6-17(26)16(18)11-27-22(23,24)25/h2-8,11,14,19,21,28H,9-10,12-13,26H2,1H3/b27-11+. The molecule has 0 aromatic heterocycles. The summed E-state index contributed by atoms with van der Waals surface area (Å²) in [6.45, 7) is 4.67. The number of hydrogen-bond donors (Lipinski definition) is 2. The van der Waals surface area contributed by atoms with E-state index in [0.717, 1.165) is 37.0 Å². The summed E-state index contributed by atoms with van der Waals surface area (Å²) in [5.41, 5.74) is 7.95. The summed E-state index contributed by atoms with van der Waals surface area (Å²) in [5, 5.41) is 3.46. The first-order valence-corrected chi connectivity index (χ1v) is 10.0. The minimum absolute atomic E-state index is 0.0543. The molecule has 2 aromatic carbocycles. The maximum absolute atomic E-state index is 12.7. The molecule has 4 rings (SSSR count). The van der Waals surface area contributed by atoms with E-state index in [2.05, 4.69) is 22.1 Å². The van der Waals surface area contributed by atoms with Crippen LogP contribution in [0.1, 0.15) is 30.5 Å². The number of fused-ring (bicyclic) bond motifs is 1. The number of aliphatic imine (C=N–C) groups is 1. The van der Waals surface area contributed by atoms with Crippen LogP contribution in [0.25, 0.3) is 0 Å². The number of para-hydroxylation sites is 1. The molecule has 0 bridgehead atoms. The van der Waals surface area contributed by atoms with E-state index in [-0.39, 0.29) is 23.3 Å². The topological polar surface area (TPSA) is 62.9 Å². The van der Waals surface area contributed by atoms with E-state index in [1.54, 1.807) is 18.2 Å². The normalized spacial score (nSPS) is 24.6. The SMILES string of the molecule is CC1CCN(C2COc3ccccc3C2Nc2cccc(N)c2/C=N/C(F)(F)F)C1. The molecule has 2 heterocycles. The molecule has 0 radical (unpaired) electrons. The zero-order valence-corrected chi connectivity index (χ0v) is 16.7. The van der Waals surface area contributed by atoms with Crippen molar-refractivity contribution in [2.45, 2.75) is 31.7 Å². The molecule has 2 aliphatic rings. The van der Waals surface area contributed by atoms with Crippen molar-refractivity contribution in [3.63, 3.8) is 0 Å². The fraction of sp³-hybridized carbons (Fsp3) is 0.409. The number of hydrogen-bond acceptors (Lipinski definition) is 5. The minimum atomic E-state index is -4.65. The highest BCUT2D eigenvalue weighted by Crippen LogP contribution is 2.39. The van der Waals surface area contributed by atoms with Gasteiger partial charge in [0.2, 0.25) is 0 Å². The number of halogens is 3. The molecule has 2 aliphatic heterocycles. The number of nitrogens with zero attached hydrogens (tertiary/aromatic N) is 2. The second-order valence-electron chi connectivity index (χ2n) is 7.96. The van der Waals surface area contributed by atoms with E-state index in [9.17, 15) is 13.2 Å². The lowest BCUT2D eigenvalue weighted by Gasteiger charge is -2.40. The van der Waals surface area contributed by atoms with E-state index >= 15 is 0 Å². The lowest BCUT2D eigenvalue weighted by atomic mass is 9.94. The van der Waals surface area contributed by atoms with Gasteiger partial charge < -0.3 is 15.8 Å². The summed E-state index contributed by atoms with van der Waals surface area (Å²) in [5.74, 6) is 1.39. The summed E-state index contributed by atoms with van der Waals surface area (Å²) >= 11 is 0. The fourth-order valence-electron chi connectivity index (χ4n) is 4.27. The average molecular weight is 418 g/mol. The highest BCUT2D eigenvalue weighted by molar-refractivity contribution is 5.94. The van der Waals surface area contributed by atoms with Crippen LogP contribution in [0.5, 0.6) is 5.75 Å². The number of benzene rings is 2. The Labute approximate surface area is 173 Å². The van der Waals surface area contributed by atoms with Crippen molar-refractivity contribution in [3.05, 3.63) is 53.6 Å². The zero-order chi connectivity index (χ0) is 21.3. The van der Waals surface area contributed by atoms with Crippen LogP contribution in [0.15, 0.2) is 47.5 Å². The van der Waals surface area contributed by atoms with Gasteiger partial charge in [-0.25, -0.2) is 0 Å². The van der Waals surface area contributed by atoms with Crippen molar-refractivity contribution in [2.75, 3.05) is 30.7 Å². The Bertz CT molecular complexity index is 931. The molecule has 30 heavy (non-hydrogen) atoms. The maximum Gasteiger partial charge on any atom is 0.503 e. The Hall–Kier alpha value is -2.74. The lowest BCUT2D eigenvalue weighted by molar-refractivity contribution is -0.119. The number of nitrogen functional groups attached to an aromatic ring is 1. The van der Waals surface area contributed by atoms with Gasteiger partial charge in [-0.05, 0) is 37.1 Å². The number of ether oxygens (including phenoxy) is 1. The Morgan fingerprint density at radius 3 is 2.73 bits per heavy atom. The van der Waals surface area contributed by atoms with Crippen molar-refractivity contribution in [3.8, 4) is 5.75 Å². The smallest absolute Gasteiger partial charge is 0.491 e. The van der Waals surface area contributed by atoms with Gasteiger partial charge in [-0.2, -0.15) is 4.99 Å². The maximum atomic E-state index is 12.7. The number of likely N-dealkylation sites (tertiary alicyclic amines) is 1. The van der Waals surface area contributed by atoms with Crippen molar-refractivity contribution in [2.24, 2.45) is 10.9 Å². The van der Waals surface area contributed by atoms with Crippen LogP contribution in [0, 0.1) is 5.92 Å². The number of nitrogens with two attached hydrogens (primary N) is 1. The van der Waals surface area contributed by atoms with Gasteiger partial charge in [-0.15, -0.1) is 13.2 Å². The van der Waals surface area contributed by atoms with Gasteiger partial charge in [-0.1, -0.05) is 31.2 Å².